The van der Waals surface area contributed by atoms with Crippen LogP contribution in [0.2, 0.25) is 11.6 Å². The van der Waals surface area contributed by atoms with Crippen molar-refractivity contribution in [3.63, 3.8) is 0 Å². The Kier molecular flexibility index (Phi) is 3.20. The first kappa shape index (κ1) is 9.64. The number of benzene rings is 1. The monoisotopic (exact) mass is 178 g/mol. The summed E-state index contributed by atoms with van der Waals surface area (Å²) in [4.78, 5) is 0. The predicted octanol–water partition coefficient (Wildman–Crippen LogP) is 2.93. The Labute approximate surface area is 79.1 Å². The second-order valence-corrected chi connectivity index (χ2v) is 5.77. The maximum Gasteiger partial charge on any atom is 0.540 e. The van der Waals surface area contributed by atoms with Crippen molar-refractivity contribution in [1.29, 1.82) is 0 Å². The van der Waals surface area contributed by atoms with Crippen molar-refractivity contribution in [3.05, 3.63) is 29.3 Å². The molecule has 2 heteroatoms. The van der Waals surface area contributed by atoms with Gasteiger partial charge in [0.2, 0.25) is 0 Å². The summed E-state index contributed by atoms with van der Waals surface area (Å²) < 4.78 is 5.74. The minimum absolute atomic E-state index is 0.941. The van der Waals surface area contributed by atoms with E-state index in [0.717, 1.165) is 5.75 Å². The van der Waals surface area contributed by atoms with Crippen LogP contribution in [0.3, 0.4) is 0 Å². The maximum atomic E-state index is 5.74. The Hall–Kier alpha value is -0.448. The molecule has 0 aliphatic carbocycles. The summed E-state index contributed by atoms with van der Waals surface area (Å²) in [5.41, 5.74) is 2.54. The van der Waals surface area contributed by atoms with Gasteiger partial charge in [-0.3, -0.25) is 0 Å². The zero-order valence-electron chi connectivity index (χ0n) is 8.22. The highest BCUT2D eigenvalue weighted by atomic mass is 27.2. The molecule has 0 saturated heterocycles. The second-order valence-electron chi connectivity index (χ2n) is 3.44. The average Bonchev–Trinajstić information content (AvgIpc) is 1.94. The molecule has 1 aromatic carbocycles. The van der Waals surface area contributed by atoms with Gasteiger partial charge in [-0.1, -0.05) is 29.3 Å². The van der Waals surface area contributed by atoms with Crippen LogP contribution in [-0.2, 0) is 0 Å². The van der Waals surface area contributed by atoms with Gasteiger partial charge in [-0.2, -0.15) is 0 Å². The second kappa shape index (κ2) is 3.98. The SMILES string of the molecule is Cc1ccc([O][Al]([CH3])[CH3])c(C)c1. The fourth-order valence-corrected chi connectivity index (χ4v) is 1.96. The molecule has 0 fully saturated rings. The zero-order valence-corrected chi connectivity index (χ0v) is 9.37. The lowest BCUT2D eigenvalue weighted by Crippen LogP contribution is -2.11. The molecule has 0 aromatic heterocycles. The molecule has 0 aliphatic heterocycles. The molecule has 0 N–H and O–H groups in total. The van der Waals surface area contributed by atoms with E-state index in [9.17, 15) is 0 Å². The summed E-state index contributed by atoms with van der Waals surface area (Å²) in [7, 11) is 0. The summed E-state index contributed by atoms with van der Waals surface area (Å²) >= 11 is -0.941. The molecule has 0 aliphatic rings. The third kappa shape index (κ3) is 2.55. The zero-order chi connectivity index (χ0) is 9.14. The Morgan fingerprint density at radius 2 is 1.83 bits per heavy atom. The topological polar surface area (TPSA) is 9.23 Å². The van der Waals surface area contributed by atoms with Crippen molar-refractivity contribution in [1.82, 2.24) is 0 Å². The van der Waals surface area contributed by atoms with Gasteiger partial charge >= 0.3 is 14.5 Å². The van der Waals surface area contributed by atoms with E-state index in [1.807, 2.05) is 0 Å². The fourth-order valence-electron chi connectivity index (χ4n) is 1.19. The molecule has 64 valence electrons. The highest BCUT2D eigenvalue weighted by Crippen LogP contribution is 2.19. The molecule has 12 heavy (non-hydrogen) atoms. The van der Waals surface area contributed by atoms with Gasteiger partial charge in [0.15, 0.2) is 0 Å². The standard InChI is InChI=1S/C8H10O.2CH3.Al/c1-6-3-4-8(9)7(2)5-6;;;/h3-5,9H,1-2H3;2*1H3;/q;;;+1/p-1. The van der Waals surface area contributed by atoms with E-state index in [2.05, 4.69) is 43.6 Å². The molecule has 0 radical (unpaired) electrons. The smallest absolute Gasteiger partial charge is 0.540 e. The summed E-state index contributed by atoms with van der Waals surface area (Å²) in [5, 5.41) is 0. The quantitative estimate of drug-likeness (QED) is 0.633. The van der Waals surface area contributed by atoms with Crippen LogP contribution in [0.5, 0.6) is 5.75 Å². The summed E-state index contributed by atoms with van der Waals surface area (Å²) in [6.45, 7) is 4.20. The Bertz CT molecular complexity index is 269. The number of rotatable bonds is 2. The minimum Gasteiger partial charge on any atom is -0.643 e. The largest absolute Gasteiger partial charge is 0.643 e. The molecule has 1 aromatic rings. The highest BCUT2D eigenvalue weighted by Gasteiger charge is 2.08. The third-order valence-electron chi connectivity index (χ3n) is 1.69. The van der Waals surface area contributed by atoms with Crippen molar-refractivity contribution in [2.45, 2.75) is 25.4 Å². The molecule has 0 bridgehead atoms. The van der Waals surface area contributed by atoms with Gasteiger partial charge in [0.25, 0.3) is 0 Å². The molecular formula is C10H15AlO. The van der Waals surface area contributed by atoms with Gasteiger partial charge < -0.3 is 3.79 Å². The van der Waals surface area contributed by atoms with Crippen molar-refractivity contribution in [2.75, 3.05) is 0 Å². The average molecular weight is 178 g/mol. The maximum absolute atomic E-state index is 5.74. The molecule has 0 unspecified atom stereocenters. The van der Waals surface area contributed by atoms with Crippen molar-refractivity contribution >= 4 is 14.5 Å². The van der Waals surface area contributed by atoms with E-state index in [-0.39, 0.29) is 0 Å². The summed E-state index contributed by atoms with van der Waals surface area (Å²) in [5.74, 6) is 5.42. The van der Waals surface area contributed by atoms with Crippen molar-refractivity contribution in [2.24, 2.45) is 0 Å². The van der Waals surface area contributed by atoms with E-state index in [4.69, 9.17) is 3.79 Å². The van der Waals surface area contributed by atoms with Crippen molar-refractivity contribution in [3.8, 4) is 5.75 Å². The van der Waals surface area contributed by atoms with Crippen LogP contribution < -0.4 is 3.79 Å². The number of aryl methyl sites for hydroxylation is 2. The first-order valence-electron chi connectivity index (χ1n) is 4.33. The lowest BCUT2D eigenvalue weighted by molar-refractivity contribution is 0.575. The van der Waals surface area contributed by atoms with E-state index >= 15 is 0 Å². The normalized spacial score (nSPS) is 9.67. The van der Waals surface area contributed by atoms with Crippen LogP contribution in [0.1, 0.15) is 11.1 Å². The van der Waals surface area contributed by atoms with Crippen LogP contribution in [-0.4, -0.2) is 14.5 Å². The molecule has 1 rings (SSSR count). The summed E-state index contributed by atoms with van der Waals surface area (Å²) in [6, 6.07) is 6.32. The lowest BCUT2D eigenvalue weighted by atomic mass is 10.1. The molecule has 0 amide bonds. The fraction of sp³-hybridized carbons (Fsp3) is 0.400. The molecule has 0 spiro atoms. The van der Waals surface area contributed by atoms with E-state index in [1.165, 1.54) is 11.1 Å². The van der Waals surface area contributed by atoms with Gasteiger partial charge in [-0.05, 0) is 25.5 Å². The van der Waals surface area contributed by atoms with Gasteiger partial charge in [0.1, 0.15) is 0 Å². The Morgan fingerprint density at radius 3 is 2.33 bits per heavy atom. The number of hydrogen-bond donors (Lipinski definition) is 0. The Morgan fingerprint density at radius 1 is 1.17 bits per heavy atom. The third-order valence-corrected chi connectivity index (χ3v) is 2.42. The van der Waals surface area contributed by atoms with Gasteiger partial charge in [0, 0.05) is 0 Å². The van der Waals surface area contributed by atoms with Gasteiger partial charge in [-0.25, -0.2) is 0 Å². The minimum atomic E-state index is -0.941. The Balaban J connectivity index is 2.86. The predicted molar refractivity (Wildman–Crippen MR) is 54.0 cm³/mol. The molecule has 0 atom stereocenters. The molecule has 1 nitrogen and oxygen atoms in total. The van der Waals surface area contributed by atoms with Crippen LogP contribution in [0, 0.1) is 13.8 Å². The first-order valence-corrected chi connectivity index (χ1v) is 7.11. The highest BCUT2D eigenvalue weighted by molar-refractivity contribution is 6.49. The van der Waals surface area contributed by atoms with Gasteiger partial charge in [0.05, 0.1) is 5.75 Å². The van der Waals surface area contributed by atoms with Crippen LogP contribution >= 0.6 is 0 Å². The van der Waals surface area contributed by atoms with Gasteiger partial charge in [-0.15, -0.1) is 0 Å². The van der Waals surface area contributed by atoms with Crippen molar-refractivity contribution < 1.29 is 3.79 Å². The molecular weight excluding hydrogens is 163 g/mol. The number of hydrogen-bond acceptors (Lipinski definition) is 1. The lowest BCUT2D eigenvalue weighted by Gasteiger charge is -2.11. The first-order chi connectivity index (χ1) is 5.59. The van der Waals surface area contributed by atoms with Crippen LogP contribution in [0.15, 0.2) is 18.2 Å². The molecule has 0 saturated carbocycles. The summed E-state index contributed by atoms with van der Waals surface area (Å²) in [6.07, 6.45) is 0. The van der Waals surface area contributed by atoms with E-state index in [0.29, 0.717) is 0 Å². The van der Waals surface area contributed by atoms with E-state index in [1.54, 1.807) is 0 Å². The van der Waals surface area contributed by atoms with Crippen LogP contribution in [0.25, 0.3) is 0 Å². The molecule has 0 heterocycles. The van der Waals surface area contributed by atoms with Crippen LogP contribution in [0.4, 0.5) is 0 Å². The van der Waals surface area contributed by atoms with E-state index < -0.39 is 14.5 Å².